The second-order valence-electron chi connectivity index (χ2n) is 6.90. The lowest BCUT2D eigenvalue weighted by Crippen LogP contribution is -2.41. The smallest absolute Gasteiger partial charge is 0.274 e. The summed E-state index contributed by atoms with van der Waals surface area (Å²) in [5.74, 6) is -0.882. The molecule has 10 heteroatoms. The molecule has 0 bridgehead atoms. The van der Waals surface area contributed by atoms with E-state index in [0.29, 0.717) is 6.42 Å². The van der Waals surface area contributed by atoms with E-state index in [1.54, 1.807) is 19.9 Å². The molecule has 0 saturated carbocycles. The fraction of sp³-hybridized carbons (Fsp3) is 0.667. The van der Waals surface area contributed by atoms with E-state index in [-0.39, 0.29) is 29.0 Å². The first kappa shape index (κ1) is 24.3. The van der Waals surface area contributed by atoms with E-state index in [1.165, 1.54) is 6.92 Å². The number of rotatable bonds is 9. The molecule has 0 radical (unpaired) electrons. The van der Waals surface area contributed by atoms with E-state index in [9.17, 15) is 19.1 Å². The Hall–Kier alpha value is -1.78. The molecule has 0 aromatic rings. The summed E-state index contributed by atoms with van der Waals surface area (Å²) >= 11 is 1.05. The van der Waals surface area contributed by atoms with Gasteiger partial charge in [0.25, 0.3) is 5.91 Å². The summed E-state index contributed by atoms with van der Waals surface area (Å²) in [5.41, 5.74) is 5.98. The highest BCUT2D eigenvalue weighted by Crippen LogP contribution is 2.35. The van der Waals surface area contributed by atoms with Gasteiger partial charge in [0, 0.05) is 11.6 Å². The number of unbranched alkanes of at least 4 members (excludes halogenated alkanes) is 1. The van der Waals surface area contributed by atoms with Crippen LogP contribution in [0.5, 0.6) is 0 Å². The Kier molecular flexibility index (Phi) is 9.77. The van der Waals surface area contributed by atoms with E-state index in [1.807, 2.05) is 6.92 Å². The van der Waals surface area contributed by atoms with Crippen LogP contribution in [0, 0.1) is 5.92 Å². The van der Waals surface area contributed by atoms with Crippen molar-refractivity contribution in [2.75, 3.05) is 6.61 Å². The fourth-order valence-electron chi connectivity index (χ4n) is 2.34. The fourth-order valence-corrected chi connectivity index (χ4v) is 3.67. The first-order valence-electron chi connectivity index (χ1n) is 9.26. The van der Waals surface area contributed by atoms with Gasteiger partial charge >= 0.3 is 0 Å². The second-order valence-corrected chi connectivity index (χ2v) is 8.29. The number of carbonyl (C=O) groups is 2. The predicted octanol–water partition coefficient (Wildman–Crippen LogP) is 0.429. The third kappa shape index (κ3) is 6.68. The minimum absolute atomic E-state index is 0.156. The average Bonchev–Trinajstić information content (AvgIpc) is 2.92. The first-order chi connectivity index (χ1) is 13.1. The number of hydrogen-bond acceptors (Lipinski definition) is 7. The minimum Gasteiger partial charge on any atom is -0.395 e. The second kappa shape index (κ2) is 11.3. The van der Waals surface area contributed by atoms with E-state index < -0.39 is 35.4 Å². The van der Waals surface area contributed by atoms with Crippen LogP contribution in [-0.2, 0) is 9.59 Å². The van der Waals surface area contributed by atoms with Crippen molar-refractivity contribution in [3.8, 4) is 0 Å². The van der Waals surface area contributed by atoms with Gasteiger partial charge in [0.05, 0.1) is 11.9 Å². The van der Waals surface area contributed by atoms with E-state index in [2.05, 4.69) is 16.0 Å². The number of thioether (sulfide) groups is 1. The maximum atomic E-state index is 13.9. The number of carbonyl (C=O) groups excluding carboxylic acids is 2. The van der Waals surface area contributed by atoms with Crippen LogP contribution >= 0.6 is 11.8 Å². The number of nitrogens with one attached hydrogen (secondary N) is 3. The van der Waals surface area contributed by atoms with E-state index in [4.69, 9.17) is 10.8 Å². The van der Waals surface area contributed by atoms with Crippen molar-refractivity contribution in [2.45, 2.75) is 63.4 Å². The van der Waals surface area contributed by atoms with E-state index in [0.717, 1.165) is 18.2 Å². The molecule has 8 nitrogen and oxygen atoms in total. The van der Waals surface area contributed by atoms with Gasteiger partial charge in [-0.15, -0.1) is 11.8 Å². The molecule has 4 unspecified atom stereocenters. The van der Waals surface area contributed by atoms with Gasteiger partial charge < -0.3 is 31.9 Å². The number of aliphatic hydroxyl groups excluding tert-OH is 2. The zero-order valence-electron chi connectivity index (χ0n) is 16.7. The van der Waals surface area contributed by atoms with Gasteiger partial charge in [-0.25, -0.2) is 4.39 Å². The summed E-state index contributed by atoms with van der Waals surface area (Å²) in [6, 6.07) is 0. The summed E-state index contributed by atoms with van der Waals surface area (Å²) in [5, 5.41) is 25.6. The van der Waals surface area contributed by atoms with Gasteiger partial charge in [-0.2, -0.15) is 0 Å². The number of hydrogen-bond donors (Lipinski definition) is 6. The summed E-state index contributed by atoms with van der Waals surface area (Å²) in [4.78, 5) is 24.4. The lowest BCUT2D eigenvalue weighted by molar-refractivity contribution is -0.123. The normalized spacial score (nSPS) is 26.1. The number of alkyl halides is 1. The molecule has 28 heavy (non-hydrogen) atoms. The molecule has 7 N–H and O–H groups in total. The standard InChI is InChI=1S/C18H31FN4O4S/c1-5-6-7-12(22-16(26)9(2)3)23-17(27)14(20)10(4)21-18-15(25)13(19)11(8-24)28-18/h7,9,11,13,15,18,21,24-25H,5-6,8,20H2,1-4H3,(H,22,26)(H,23,27)/b12-7+,14-10-. The summed E-state index contributed by atoms with van der Waals surface area (Å²) in [7, 11) is 0. The van der Waals surface area contributed by atoms with Crippen molar-refractivity contribution in [2.24, 2.45) is 11.7 Å². The number of allylic oxidation sites excluding steroid dienone is 2. The number of halogens is 1. The largest absolute Gasteiger partial charge is 0.395 e. The molecular weight excluding hydrogens is 387 g/mol. The summed E-state index contributed by atoms with van der Waals surface area (Å²) in [6.45, 7) is 6.56. The zero-order chi connectivity index (χ0) is 21.4. The SMILES string of the molecule is CCC/C=C(/NC(=O)/C(N)=C(\C)NC1SC(CO)C(F)C1O)NC(=O)C(C)C. The molecular formula is C18H31FN4O4S. The van der Waals surface area contributed by atoms with Crippen molar-refractivity contribution in [1.29, 1.82) is 0 Å². The molecule has 1 rings (SSSR count). The van der Waals surface area contributed by atoms with Gasteiger partial charge in [0.1, 0.15) is 29.2 Å². The Morgan fingerprint density at radius 1 is 1.32 bits per heavy atom. The molecule has 1 fully saturated rings. The van der Waals surface area contributed by atoms with Crippen LogP contribution in [0.25, 0.3) is 0 Å². The van der Waals surface area contributed by atoms with Crippen molar-refractivity contribution >= 4 is 23.6 Å². The van der Waals surface area contributed by atoms with Gasteiger partial charge in [-0.05, 0) is 19.4 Å². The Morgan fingerprint density at radius 3 is 2.46 bits per heavy atom. The third-order valence-electron chi connectivity index (χ3n) is 4.17. The molecule has 0 aromatic carbocycles. The number of amides is 2. The third-order valence-corrected chi connectivity index (χ3v) is 5.62. The van der Waals surface area contributed by atoms with Crippen LogP contribution in [0.2, 0.25) is 0 Å². The van der Waals surface area contributed by atoms with Crippen LogP contribution in [0.1, 0.15) is 40.5 Å². The van der Waals surface area contributed by atoms with Gasteiger partial charge in [0.2, 0.25) is 5.91 Å². The van der Waals surface area contributed by atoms with Crippen LogP contribution in [0.3, 0.4) is 0 Å². The molecule has 1 heterocycles. The van der Waals surface area contributed by atoms with Crippen molar-refractivity contribution in [1.82, 2.24) is 16.0 Å². The van der Waals surface area contributed by atoms with Gasteiger partial charge in [-0.3, -0.25) is 9.59 Å². The van der Waals surface area contributed by atoms with E-state index >= 15 is 0 Å². The maximum Gasteiger partial charge on any atom is 0.274 e. The highest BCUT2D eigenvalue weighted by atomic mass is 32.2. The first-order valence-corrected chi connectivity index (χ1v) is 10.2. The minimum atomic E-state index is -1.58. The lowest BCUT2D eigenvalue weighted by Gasteiger charge is -2.19. The Bertz CT molecular complexity index is 627. The molecule has 0 spiro atoms. The highest BCUT2D eigenvalue weighted by Gasteiger charge is 2.43. The van der Waals surface area contributed by atoms with Crippen molar-refractivity contribution in [3.63, 3.8) is 0 Å². The Morgan fingerprint density at radius 2 is 1.96 bits per heavy atom. The lowest BCUT2D eigenvalue weighted by atomic mass is 10.1. The number of nitrogens with two attached hydrogens (primary N) is 1. The van der Waals surface area contributed by atoms with Crippen LogP contribution in [-0.4, -0.2) is 51.5 Å². The van der Waals surface area contributed by atoms with Gasteiger partial charge in [-0.1, -0.05) is 27.2 Å². The quantitative estimate of drug-likeness (QED) is 0.299. The van der Waals surface area contributed by atoms with Crippen LogP contribution in [0.15, 0.2) is 23.3 Å². The summed E-state index contributed by atoms with van der Waals surface area (Å²) in [6.07, 6.45) is 0.268. The average molecular weight is 419 g/mol. The summed E-state index contributed by atoms with van der Waals surface area (Å²) < 4.78 is 13.9. The maximum absolute atomic E-state index is 13.9. The number of aliphatic hydroxyl groups is 2. The molecule has 1 aliphatic heterocycles. The van der Waals surface area contributed by atoms with Crippen LogP contribution in [0.4, 0.5) is 4.39 Å². The highest BCUT2D eigenvalue weighted by molar-refractivity contribution is 8.00. The van der Waals surface area contributed by atoms with Crippen molar-refractivity contribution in [3.05, 3.63) is 23.3 Å². The monoisotopic (exact) mass is 418 g/mol. The molecule has 2 amide bonds. The molecule has 1 saturated heterocycles. The van der Waals surface area contributed by atoms with Crippen molar-refractivity contribution < 1.29 is 24.2 Å². The molecule has 0 aromatic heterocycles. The Labute approximate surface area is 169 Å². The van der Waals surface area contributed by atoms with Gasteiger partial charge in [0.15, 0.2) is 0 Å². The molecule has 1 aliphatic rings. The molecule has 0 aliphatic carbocycles. The molecule has 4 atom stereocenters. The van der Waals surface area contributed by atoms with Crippen LogP contribution < -0.4 is 21.7 Å². The molecule has 160 valence electrons. The topological polar surface area (TPSA) is 137 Å². The Balaban J connectivity index is 2.82. The zero-order valence-corrected chi connectivity index (χ0v) is 17.5. The predicted molar refractivity (Wildman–Crippen MR) is 107 cm³/mol.